The number of aryl methyl sites for hydroxylation is 2. The Hall–Kier alpha value is -2.23. The average molecular weight is 445 g/mol. The van der Waals surface area contributed by atoms with Crippen LogP contribution in [0.15, 0.2) is 35.2 Å². The van der Waals surface area contributed by atoms with Crippen LogP contribution in [0.3, 0.4) is 0 Å². The number of rotatable bonds is 5. The Kier molecular flexibility index (Phi) is 6.45. The summed E-state index contributed by atoms with van der Waals surface area (Å²) in [6.45, 7) is 13.2. The van der Waals surface area contributed by atoms with Crippen LogP contribution in [0.5, 0.6) is 0 Å². The molecule has 2 aliphatic heterocycles. The van der Waals surface area contributed by atoms with Crippen molar-refractivity contribution in [3.8, 4) is 0 Å². The number of anilines is 2. The first-order valence-corrected chi connectivity index (χ1v) is 12.5. The Morgan fingerprint density at radius 1 is 0.806 bits per heavy atom. The van der Waals surface area contributed by atoms with Gasteiger partial charge in [-0.15, -0.1) is 10.2 Å². The molecule has 0 atom stereocenters. The zero-order chi connectivity index (χ0) is 22.0. The lowest BCUT2D eigenvalue weighted by atomic mass is 10.2. The van der Waals surface area contributed by atoms with E-state index >= 15 is 0 Å². The Bertz CT molecular complexity index is 995. The number of benzene rings is 1. The molecule has 0 aliphatic carbocycles. The maximum atomic E-state index is 13.1. The van der Waals surface area contributed by atoms with E-state index in [0.717, 1.165) is 55.5 Å². The van der Waals surface area contributed by atoms with Crippen molar-refractivity contribution in [1.82, 2.24) is 19.4 Å². The Labute approximate surface area is 185 Å². The molecule has 0 amide bonds. The molecule has 0 radical (unpaired) electrons. The number of hydrogen-bond donors (Lipinski definition) is 0. The van der Waals surface area contributed by atoms with Gasteiger partial charge in [0.2, 0.25) is 10.0 Å². The van der Waals surface area contributed by atoms with E-state index in [1.165, 1.54) is 0 Å². The van der Waals surface area contributed by atoms with Crippen LogP contribution < -0.4 is 9.80 Å². The van der Waals surface area contributed by atoms with Crippen LogP contribution in [0.2, 0.25) is 0 Å². The largest absolute Gasteiger partial charge is 0.353 e. The molecular formula is C22H32N6O2S. The quantitative estimate of drug-likeness (QED) is 0.696. The minimum atomic E-state index is -3.48. The highest BCUT2D eigenvalue weighted by Crippen LogP contribution is 2.24. The summed E-state index contributed by atoms with van der Waals surface area (Å²) in [5.74, 6) is 1.72. The van der Waals surface area contributed by atoms with E-state index in [0.29, 0.717) is 31.1 Å². The fraction of sp³-hybridized carbons (Fsp3) is 0.545. The number of piperazine rings is 2. The molecule has 9 heteroatoms. The van der Waals surface area contributed by atoms with Gasteiger partial charge < -0.3 is 14.7 Å². The van der Waals surface area contributed by atoms with Crippen molar-refractivity contribution in [3.63, 3.8) is 0 Å². The van der Waals surface area contributed by atoms with Gasteiger partial charge in [0.1, 0.15) is 0 Å². The minimum absolute atomic E-state index is 0.402. The molecule has 1 aromatic carbocycles. The van der Waals surface area contributed by atoms with E-state index in [1.54, 1.807) is 10.4 Å². The SMILES string of the molecule is CCN1CCN(c2ccc(N3CCN(S(=O)(=O)c4ccc(C)cc4C)CC3)nn2)CC1. The summed E-state index contributed by atoms with van der Waals surface area (Å²) in [5.41, 5.74) is 1.86. The molecule has 8 nitrogen and oxygen atoms in total. The van der Waals surface area contributed by atoms with E-state index < -0.39 is 10.0 Å². The van der Waals surface area contributed by atoms with Crippen molar-refractivity contribution >= 4 is 21.7 Å². The molecule has 0 saturated carbocycles. The van der Waals surface area contributed by atoms with Gasteiger partial charge in [0.15, 0.2) is 11.6 Å². The first-order chi connectivity index (χ1) is 14.9. The molecule has 3 heterocycles. The molecule has 0 unspecified atom stereocenters. The highest BCUT2D eigenvalue weighted by atomic mass is 32.2. The third-order valence-corrected chi connectivity index (χ3v) is 8.35. The average Bonchev–Trinajstić information content (AvgIpc) is 2.79. The summed E-state index contributed by atoms with van der Waals surface area (Å²) in [6, 6.07) is 9.53. The van der Waals surface area contributed by atoms with E-state index in [2.05, 4.69) is 31.8 Å². The number of aromatic nitrogens is 2. The normalized spacial score (nSPS) is 19.1. The fourth-order valence-corrected chi connectivity index (χ4v) is 5.96. The summed E-state index contributed by atoms with van der Waals surface area (Å²) in [7, 11) is -3.48. The first-order valence-electron chi connectivity index (χ1n) is 11.0. The van der Waals surface area contributed by atoms with Crippen molar-refractivity contribution in [1.29, 1.82) is 0 Å². The third kappa shape index (κ3) is 4.68. The van der Waals surface area contributed by atoms with Crippen molar-refractivity contribution < 1.29 is 8.42 Å². The zero-order valence-corrected chi connectivity index (χ0v) is 19.5. The van der Waals surface area contributed by atoms with E-state index in [4.69, 9.17) is 0 Å². The molecule has 4 rings (SSSR count). The van der Waals surface area contributed by atoms with Gasteiger partial charge in [-0.25, -0.2) is 8.42 Å². The summed E-state index contributed by atoms with van der Waals surface area (Å²) in [4.78, 5) is 7.22. The highest BCUT2D eigenvalue weighted by molar-refractivity contribution is 7.89. The van der Waals surface area contributed by atoms with Crippen molar-refractivity contribution in [2.45, 2.75) is 25.7 Å². The second-order valence-electron chi connectivity index (χ2n) is 8.33. The highest BCUT2D eigenvalue weighted by Gasteiger charge is 2.30. The van der Waals surface area contributed by atoms with E-state index in [9.17, 15) is 8.42 Å². The van der Waals surface area contributed by atoms with Crippen LogP contribution in [0.1, 0.15) is 18.1 Å². The standard InChI is InChI=1S/C22H32N6O2S/c1-4-25-9-11-26(12-10-25)21-7-8-22(24-23-21)27-13-15-28(16-14-27)31(29,30)20-6-5-18(2)17-19(20)3/h5-8,17H,4,9-16H2,1-3H3. The minimum Gasteiger partial charge on any atom is -0.353 e. The lowest BCUT2D eigenvalue weighted by Crippen LogP contribution is -2.49. The van der Waals surface area contributed by atoms with Crippen LogP contribution in [0.25, 0.3) is 0 Å². The van der Waals surface area contributed by atoms with Crippen molar-refractivity contribution in [2.75, 3.05) is 68.7 Å². The third-order valence-electron chi connectivity index (χ3n) is 6.29. The summed E-state index contributed by atoms with van der Waals surface area (Å²) in [5, 5.41) is 8.89. The number of nitrogens with zero attached hydrogens (tertiary/aromatic N) is 6. The molecule has 0 spiro atoms. The second kappa shape index (κ2) is 9.10. The molecule has 168 valence electrons. The Balaban J connectivity index is 1.37. The lowest BCUT2D eigenvalue weighted by molar-refractivity contribution is 0.270. The molecule has 2 saturated heterocycles. The molecule has 0 bridgehead atoms. The molecule has 31 heavy (non-hydrogen) atoms. The summed E-state index contributed by atoms with van der Waals surface area (Å²) < 4.78 is 27.8. The molecular weight excluding hydrogens is 412 g/mol. The Morgan fingerprint density at radius 3 is 1.84 bits per heavy atom. The van der Waals surface area contributed by atoms with Crippen LogP contribution in [-0.2, 0) is 10.0 Å². The monoisotopic (exact) mass is 444 g/mol. The van der Waals surface area contributed by atoms with Gasteiger partial charge in [0.25, 0.3) is 0 Å². The molecule has 2 aromatic rings. The van der Waals surface area contributed by atoms with E-state index in [1.807, 2.05) is 38.1 Å². The molecule has 0 N–H and O–H groups in total. The number of likely N-dealkylation sites (N-methyl/N-ethyl adjacent to an activating group) is 1. The van der Waals surface area contributed by atoms with Gasteiger partial charge in [-0.2, -0.15) is 4.31 Å². The van der Waals surface area contributed by atoms with Gasteiger partial charge in [0, 0.05) is 52.4 Å². The van der Waals surface area contributed by atoms with Gasteiger partial charge in [-0.3, -0.25) is 0 Å². The Morgan fingerprint density at radius 2 is 1.35 bits per heavy atom. The maximum Gasteiger partial charge on any atom is 0.243 e. The van der Waals surface area contributed by atoms with Crippen LogP contribution in [-0.4, -0.2) is 86.7 Å². The van der Waals surface area contributed by atoms with Gasteiger partial charge in [-0.1, -0.05) is 24.6 Å². The van der Waals surface area contributed by atoms with E-state index in [-0.39, 0.29) is 0 Å². The predicted octanol–water partition coefficient (Wildman–Crippen LogP) is 1.75. The lowest BCUT2D eigenvalue weighted by Gasteiger charge is -2.36. The van der Waals surface area contributed by atoms with Crippen molar-refractivity contribution in [2.24, 2.45) is 0 Å². The predicted molar refractivity (Wildman–Crippen MR) is 123 cm³/mol. The second-order valence-corrected chi connectivity index (χ2v) is 10.2. The van der Waals surface area contributed by atoms with Crippen LogP contribution in [0, 0.1) is 13.8 Å². The maximum absolute atomic E-state index is 13.1. The van der Waals surface area contributed by atoms with Gasteiger partial charge in [0.05, 0.1) is 4.90 Å². The summed E-state index contributed by atoms with van der Waals surface area (Å²) >= 11 is 0. The smallest absolute Gasteiger partial charge is 0.243 e. The fourth-order valence-electron chi connectivity index (χ4n) is 4.33. The molecule has 2 fully saturated rings. The van der Waals surface area contributed by atoms with Gasteiger partial charge in [-0.05, 0) is 44.2 Å². The molecule has 1 aromatic heterocycles. The van der Waals surface area contributed by atoms with Crippen LogP contribution in [0.4, 0.5) is 11.6 Å². The van der Waals surface area contributed by atoms with Gasteiger partial charge >= 0.3 is 0 Å². The molecule has 2 aliphatic rings. The zero-order valence-electron chi connectivity index (χ0n) is 18.7. The number of hydrogen-bond acceptors (Lipinski definition) is 7. The topological polar surface area (TPSA) is 72.9 Å². The number of sulfonamides is 1. The van der Waals surface area contributed by atoms with Crippen molar-refractivity contribution in [3.05, 3.63) is 41.5 Å². The van der Waals surface area contributed by atoms with Crippen LogP contribution >= 0.6 is 0 Å². The summed E-state index contributed by atoms with van der Waals surface area (Å²) in [6.07, 6.45) is 0. The first kappa shape index (κ1) is 22.0.